The van der Waals surface area contributed by atoms with Crippen molar-refractivity contribution in [1.82, 2.24) is 9.63 Å². The van der Waals surface area contributed by atoms with Gasteiger partial charge in [-0.3, -0.25) is 9.79 Å². The first-order chi connectivity index (χ1) is 17.2. The molecule has 0 saturated carbocycles. The molecule has 1 atom stereocenters. The summed E-state index contributed by atoms with van der Waals surface area (Å²) < 4.78 is 40.2. The standard InChI is InChI=1S/C27H27ClF3N3O2/c28-20-8-9-23-21(16-20)26(35)25-22(32-10-3-13-33-11-1-2-12-33)14-18(15-24(25)34(23)36)17-4-6-19(7-5-17)27(29,30)31/h4-9,16,18,36H,1-3,10-15H2. The van der Waals surface area contributed by atoms with Gasteiger partial charge in [0.1, 0.15) is 0 Å². The Kier molecular flexibility index (Phi) is 6.83. The van der Waals surface area contributed by atoms with E-state index in [9.17, 15) is 23.2 Å². The maximum atomic E-state index is 13.5. The number of likely N-dealkylation sites (tertiary alicyclic amines) is 1. The van der Waals surface area contributed by atoms with Crippen LogP contribution in [-0.2, 0) is 12.6 Å². The lowest BCUT2D eigenvalue weighted by Gasteiger charge is -2.28. The molecule has 1 aliphatic heterocycles. The van der Waals surface area contributed by atoms with Crippen LogP contribution in [0.2, 0.25) is 5.02 Å². The highest BCUT2D eigenvalue weighted by Crippen LogP contribution is 2.36. The summed E-state index contributed by atoms with van der Waals surface area (Å²) in [5.41, 5.74) is 1.47. The fourth-order valence-electron chi connectivity index (χ4n) is 5.36. The van der Waals surface area contributed by atoms with Crippen LogP contribution in [0.3, 0.4) is 0 Å². The number of halogens is 4. The van der Waals surface area contributed by atoms with Crippen LogP contribution in [0.1, 0.15) is 54.0 Å². The zero-order valence-electron chi connectivity index (χ0n) is 19.7. The van der Waals surface area contributed by atoms with Crippen LogP contribution < -0.4 is 5.43 Å². The molecule has 1 fully saturated rings. The van der Waals surface area contributed by atoms with Gasteiger partial charge in [-0.1, -0.05) is 23.7 Å². The van der Waals surface area contributed by atoms with Gasteiger partial charge in [-0.2, -0.15) is 17.9 Å². The second-order valence-corrected chi connectivity index (χ2v) is 10.0. The van der Waals surface area contributed by atoms with Gasteiger partial charge in [-0.25, -0.2) is 0 Å². The molecule has 1 aromatic heterocycles. The number of alkyl halides is 3. The van der Waals surface area contributed by atoms with Crippen molar-refractivity contribution in [3.63, 3.8) is 0 Å². The van der Waals surface area contributed by atoms with Crippen molar-refractivity contribution in [2.75, 3.05) is 26.2 Å². The number of aliphatic imine (C=N–C) groups is 1. The zero-order chi connectivity index (χ0) is 25.4. The van der Waals surface area contributed by atoms with Crippen molar-refractivity contribution >= 4 is 28.2 Å². The zero-order valence-corrected chi connectivity index (χ0v) is 20.4. The Labute approximate surface area is 211 Å². The Hall–Kier alpha value is -2.84. The first-order valence-electron chi connectivity index (χ1n) is 12.2. The van der Waals surface area contributed by atoms with Crippen molar-refractivity contribution in [2.45, 2.75) is 44.2 Å². The van der Waals surface area contributed by atoms with E-state index in [-0.39, 0.29) is 11.3 Å². The highest BCUT2D eigenvalue weighted by atomic mass is 35.5. The Bertz CT molecular complexity index is 1360. The lowest BCUT2D eigenvalue weighted by Crippen LogP contribution is -2.31. The molecule has 1 aliphatic carbocycles. The van der Waals surface area contributed by atoms with E-state index in [2.05, 4.69) is 4.90 Å². The molecule has 2 heterocycles. The largest absolute Gasteiger partial charge is 0.428 e. The average molecular weight is 518 g/mol. The number of aromatic nitrogens is 1. The maximum Gasteiger partial charge on any atom is 0.416 e. The van der Waals surface area contributed by atoms with Gasteiger partial charge in [0.05, 0.1) is 27.7 Å². The SMILES string of the molecule is O=c1c2c(n(O)c3ccc(Cl)cc13)CC(c1ccc(C(F)(F)F)cc1)CC2=NCCCN1CCCC1. The number of hydrogen-bond donors (Lipinski definition) is 1. The van der Waals surface area contributed by atoms with Crippen molar-refractivity contribution in [2.24, 2.45) is 4.99 Å². The molecule has 2 aromatic carbocycles. The Morgan fingerprint density at radius 2 is 1.78 bits per heavy atom. The molecule has 0 bridgehead atoms. The van der Waals surface area contributed by atoms with E-state index in [0.717, 1.165) is 42.9 Å². The van der Waals surface area contributed by atoms with E-state index in [1.54, 1.807) is 18.2 Å². The fraction of sp³-hybridized carbons (Fsp3) is 0.407. The molecule has 0 radical (unpaired) electrons. The van der Waals surface area contributed by atoms with E-state index in [1.165, 1.54) is 25.0 Å². The maximum absolute atomic E-state index is 13.5. The highest BCUT2D eigenvalue weighted by Gasteiger charge is 2.33. The van der Waals surface area contributed by atoms with E-state index in [4.69, 9.17) is 16.6 Å². The number of rotatable bonds is 5. The third-order valence-corrected chi connectivity index (χ3v) is 7.45. The number of hydrogen-bond acceptors (Lipinski definition) is 4. The lowest BCUT2D eigenvalue weighted by atomic mass is 9.80. The second-order valence-electron chi connectivity index (χ2n) is 9.58. The predicted octanol–water partition coefficient (Wildman–Crippen LogP) is 5.92. The van der Waals surface area contributed by atoms with Gasteiger partial charge in [0.15, 0.2) is 5.43 Å². The summed E-state index contributed by atoms with van der Waals surface area (Å²) in [5.74, 6) is -0.223. The number of fused-ring (bicyclic) bond motifs is 2. The van der Waals surface area contributed by atoms with E-state index < -0.39 is 11.7 Å². The van der Waals surface area contributed by atoms with Gasteiger partial charge in [0.25, 0.3) is 0 Å². The van der Waals surface area contributed by atoms with Crippen LogP contribution >= 0.6 is 11.6 Å². The third-order valence-electron chi connectivity index (χ3n) is 7.21. The molecule has 5 nitrogen and oxygen atoms in total. The smallest absolute Gasteiger partial charge is 0.416 e. The number of benzene rings is 2. The minimum Gasteiger partial charge on any atom is -0.428 e. The summed E-state index contributed by atoms with van der Waals surface area (Å²) in [5, 5.41) is 11.8. The van der Waals surface area contributed by atoms with Crippen LogP contribution in [-0.4, -0.2) is 46.7 Å². The van der Waals surface area contributed by atoms with Gasteiger partial charge in [0, 0.05) is 17.3 Å². The van der Waals surface area contributed by atoms with Crippen molar-refractivity contribution in [1.29, 1.82) is 0 Å². The minimum atomic E-state index is -4.41. The number of pyridine rings is 1. The normalized spacial score (nSPS) is 19.8. The molecule has 1 N–H and O–H groups in total. The van der Waals surface area contributed by atoms with Gasteiger partial charge >= 0.3 is 6.18 Å². The first-order valence-corrected chi connectivity index (χ1v) is 12.6. The minimum absolute atomic E-state index is 0.223. The van der Waals surface area contributed by atoms with Gasteiger partial charge < -0.3 is 10.1 Å². The predicted molar refractivity (Wildman–Crippen MR) is 135 cm³/mol. The summed E-state index contributed by atoms with van der Waals surface area (Å²) in [6.45, 7) is 3.65. The van der Waals surface area contributed by atoms with Crippen molar-refractivity contribution in [3.05, 3.63) is 80.1 Å². The molecular weight excluding hydrogens is 491 g/mol. The lowest BCUT2D eigenvalue weighted by molar-refractivity contribution is -0.137. The quantitative estimate of drug-likeness (QED) is 0.338. The van der Waals surface area contributed by atoms with E-state index >= 15 is 0 Å². The van der Waals surface area contributed by atoms with Crippen LogP contribution in [0.15, 0.2) is 52.3 Å². The molecule has 36 heavy (non-hydrogen) atoms. The molecule has 2 aliphatic rings. The van der Waals surface area contributed by atoms with Gasteiger partial charge in [-0.15, -0.1) is 0 Å². The van der Waals surface area contributed by atoms with Crippen LogP contribution in [0.5, 0.6) is 0 Å². The molecule has 1 saturated heterocycles. The van der Waals surface area contributed by atoms with Crippen LogP contribution in [0.4, 0.5) is 13.2 Å². The fourth-order valence-corrected chi connectivity index (χ4v) is 5.53. The molecule has 9 heteroatoms. The molecule has 190 valence electrons. The Morgan fingerprint density at radius 1 is 1.06 bits per heavy atom. The molecule has 0 spiro atoms. The molecule has 1 unspecified atom stereocenters. The molecule has 0 amide bonds. The number of nitrogens with zero attached hydrogens (tertiary/aromatic N) is 3. The summed E-state index contributed by atoms with van der Waals surface area (Å²) in [4.78, 5) is 20.7. The highest BCUT2D eigenvalue weighted by molar-refractivity contribution is 6.31. The monoisotopic (exact) mass is 517 g/mol. The summed E-state index contributed by atoms with van der Waals surface area (Å²) in [7, 11) is 0. The van der Waals surface area contributed by atoms with Crippen molar-refractivity contribution < 1.29 is 18.4 Å². The Morgan fingerprint density at radius 3 is 2.47 bits per heavy atom. The van der Waals surface area contributed by atoms with E-state index in [0.29, 0.717) is 57.8 Å². The summed E-state index contributed by atoms with van der Waals surface area (Å²) in [6, 6.07) is 9.84. The molecular formula is C27H27ClF3N3O2. The third kappa shape index (κ3) is 4.89. The topological polar surface area (TPSA) is 57.8 Å². The molecule has 3 aromatic rings. The second kappa shape index (κ2) is 9.90. The van der Waals surface area contributed by atoms with E-state index in [1.807, 2.05) is 0 Å². The summed E-state index contributed by atoms with van der Waals surface area (Å²) >= 11 is 6.13. The van der Waals surface area contributed by atoms with Crippen LogP contribution in [0.25, 0.3) is 10.9 Å². The van der Waals surface area contributed by atoms with Gasteiger partial charge in [0.2, 0.25) is 0 Å². The average Bonchev–Trinajstić information content (AvgIpc) is 3.38. The van der Waals surface area contributed by atoms with Crippen LogP contribution in [0, 0.1) is 0 Å². The Balaban J connectivity index is 1.53. The van der Waals surface area contributed by atoms with Crippen molar-refractivity contribution in [3.8, 4) is 0 Å². The first kappa shape index (κ1) is 24.8. The molecule has 5 rings (SSSR count). The summed E-state index contributed by atoms with van der Waals surface area (Å²) in [6.07, 6.45) is -0.437. The van der Waals surface area contributed by atoms with Gasteiger partial charge in [-0.05, 0) is 93.6 Å².